The van der Waals surface area contributed by atoms with Crippen LogP contribution in [0.15, 0.2) is 59.5 Å². The van der Waals surface area contributed by atoms with Crippen LogP contribution in [0.4, 0.5) is 5.69 Å². The molecule has 0 aliphatic carbocycles. The highest BCUT2D eigenvalue weighted by atomic mass is 32.2. The fourth-order valence-corrected chi connectivity index (χ4v) is 3.74. The molecule has 0 spiro atoms. The summed E-state index contributed by atoms with van der Waals surface area (Å²) >= 11 is 1.39. The lowest BCUT2D eigenvalue weighted by molar-refractivity contribution is -0.141. The number of amides is 1. The number of esters is 1. The molecule has 2 aromatic carbocycles. The number of carbonyl (C=O) groups is 3. The summed E-state index contributed by atoms with van der Waals surface area (Å²) < 4.78 is 5.19. The van der Waals surface area contributed by atoms with Crippen LogP contribution in [0.5, 0.6) is 0 Å². The van der Waals surface area contributed by atoms with Gasteiger partial charge in [0.25, 0.3) is 0 Å². The third kappa shape index (κ3) is 4.98. The molecule has 1 heterocycles. The average molecular weight is 383 g/mol. The lowest BCUT2D eigenvalue weighted by Crippen LogP contribution is -2.24. The van der Waals surface area contributed by atoms with Crippen molar-refractivity contribution in [3.8, 4) is 0 Å². The van der Waals surface area contributed by atoms with Crippen LogP contribution >= 0.6 is 11.8 Å². The van der Waals surface area contributed by atoms with Gasteiger partial charge in [-0.1, -0.05) is 30.3 Å². The second kappa shape index (κ2) is 8.86. The fraction of sp³-hybridized carbons (Fsp3) is 0.286. The Morgan fingerprint density at radius 3 is 2.63 bits per heavy atom. The van der Waals surface area contributed by atoms with Crippen LogP contribution in [-0.4, -0.2) is 36.1 Å². The van der Waals surface area contributed by atoms with Crippen molar-refractivity contribution in [3.63, 3.8) is 0 Å². The Morgan fingerprint density at radius 2 is 1.93 bits per heavy atom. The van der Waals surface area contributed by atoms with Crippen LogP contribution in [0.25, 0.3) is 0 Å². The molecule has 27 heavy (non-hydrogen) atoms. The molecule has 0 unspecified atom stereocenters. The van der Waals surface area contributed by atoms with Gasteiger partial charge >= 0.3 is 5.97 Å². The SMILES string of the molecule is C[C@H](Sc1ccccc1)C(=O)OCC(=O)c1cccc(N2CCCC2=O)c1. The van der Waals surface area contributed by atoms with E-state index in [4.69, 9.17) is 4.74 Å². The van der Waals surface area contributed by atoms with Crippen LogP contribution in [-0.2, 0) is 14.3 Å². The van der Waals surface area contributed by atoms with Gasteiger partial charge in [-0.15, -0.1) is 11.8 Å². The van der Waals surface area contributed by atoms with E-state index in [2.05, 4.69) is 0 Å². The van der Waals surface area contributed by atoms with Crippen LogP contribution < -0.4 is 4.90 Å². The monoisotopic (exact) mass is 383 g/mol. The Labute approximate surface area is 162 Å². The van der Waals surface area contributed by atoms with Gasteiger partial charge in [0.1, 0.15) is 5.25 Å². The van der Waals surface area contributed by atoms with Crippen molar-refractivity contribution in [2.75, 3.05) is 18.1 Å². The van der Waals surface area contributed by atoms with Crippen molar-refractivity contribution in [3.05, 3.63) is 60.2 Å². The van der Waals surface area contributed by atoms with E-state index in [0.717, 1.165) is 11.3 Å². The van der Waals surface area contributed by atoms with Gasteiger partial charge in [-0.3, -0.25) is 14.4 Å². The Bertz CT molecular complexity index is 837. The molecule has 3 rings (SSSR count). The maximum atomic E-state index is 12.4. The largest absolute Gasteiger partial charge is 0.456 e. The summed E-state index contributed by atoms with van der Waals surface area (Å²) in [5.41, 5.74) is 1.14. The highest BCUT2D eigenvalue weighted by Crippen LogP contribution is 2.24. The molecule has 0 bridgehead atoms. The van der Waals surface area contributed by atoms with Gasteiger partial charge < -0.3 is 9.64 Å². The number of rotatable bonds is 7. The van der Waals surface area contributed by atoms with Crippen LogP contribution in [0.2, 0.25) is 0 Å². The van der Waals surface area contributed by atoms with Gasteiger partial charge in [-0.25, -0.2) is 0 Å². The van der Waals surface area contributed by atoms with Gasteiger partial charge in [0.2, 0.25) is 5.91 Å². The molecule has 1 amide bonds. The van der Waals surface area contributed by atoms with Crippen molar-refractivity contribution in [1.29, 1.82) is 0 Å². The molecule has 1 aliphatic heterocycles. The first kappa shape index (κ1) is 19.2. The van der Waals surface area contributed by atoms with E-state index in [-0.39, 0.29) is 18.3 Å². The van der Waals surface area contributed by atoms with Crippen molar-refractivity contribution in [1.82, 2.24) is 0 Å². The third-order valence-corrected chi connectivity index (χ3v) is 5.38. The summed E-state index contributed by atoms with van der Waals surface area (Å²) in [6, 6.07) is 16.5. The zero-order valence-electron chi connectivity index (χ0n) is 15.1. The van der Waals surface area contributed by atoms with Gasteiger partial charge in [0.15, 0.2) is 12.4 Å². The first-order valence-electron chi connectivity index (χ1n) is 8.86. The van der Waals surface area contributed by atoms with Gasteiger partial charge in [-0.05, 0) is 37.6 Å². The normalized spacial score (nSPS) is 14.9. The third-order valence-electron chi connectivity index (χ3n) is 4.29. The van der Waals surface area contributed by atoms with Crippen LogP contribution in [0.3, 0.4) is 0 Å². The Balaban J connectivity index is 1.56. The van der Waals surface area contributed by atoms with E-state index >= 15 is 0 Å². The Kier molecular flexibility index (Phi) is 6.29. The summed E-state index contributed by atoms with van der Waals surface area (Å²) in [7, 11) is 0. The highest BCUT2D eigenvalue weighted by Gasteiger charge is 2.23. The molecule has 6 heteroatoms. The van der Waals surface area contributed by atoms with E-state index in [0.29, 0.717) is 24.2 Å². The van der Waals surface area contributed by atoms with E-state index in [1.54, 1.807) is 30.0 Å². The molecule has 2 aromatic rings. The summed E-state index contributed by atoms with van der Waals surface area (Å²) in [5.74, 6) is -0.644. The van der Waals surface area contributed by atoms with E-state index < -0.39 is 11.2 Å². The molecule has 1 atom stereocenters. The predicted octanol–water partition coefficient (Wildman–Crippen LogP) is 3.72. The number of ether oxygens (including phenoxy) is 1. The second-order valence-electron chi connectivity index (χ2n) is 6.30. The summed E-state index contributed by atoms with van der Waals surface area (Å²) in [5, 5.41) is -0.409. The maximum Gasteiger partial charge on any atom is 0.319 e. The Morgan fingerprint density at radius 1 is 1.15 bits per heavy atom. The quantitative estimate of drug-likeness (QED) is 0.414. The van der Waals surface area contributed by atoms with Crippen molar-refractivity contribution < 1.29 is 19.1 Å². The first-order chi connectivity index (χ1) is 13.0. The molecule has 0 aromatic heterocycles. The smallest absolute Gasteiger partial charge is 0.319 e. The minimum absolute atomic E-state index is 0.0674. The number of nitrogens with zero attached hydrogens (tertiary/aromatic N) is 1. The molecule has 0 saturated carbocycles. The van der Waals surface area contributed by atoms with Crippen molar-refractivity contribution >= 4 is 35.1 Å². The van der Waals surface area contributed by atoms with Gasteiger partial charge in [-0.2, -0.15) is 0 Å². The van der Waals surface area contributed by atoms with Crippen molar-refractivity contribution in [2.24, 2.45) is 0 Å². The fourth-order valence-electron chi connectivity index (χ4n) is 2.86. The minimum atomic E-state index is -0.428. The molecule has 1 saturated heterocycles. The first-order valence-corrected chi connectivity index (χ1v) is 9.74. The number of hydrogen-bond acceptors (Lipinski definition) is 5. The number of thioether (sulfide) groups is 1. The van der Waals surface area contributed by atoms with E-state index in [1.807, 2.05) is 36.4 Å². The van der Waals surface area contributed by atoms with Crippen LogP contribution in [0.1, 0.15) is 30.1 Å². The van der Waals surface area contributed by atoms with Gasteiger partial charge in [0.05, 0.1) is 0 Å². The Hall–Kier alpha value is -2.60. The number of Topliss-reactive ketones (excluding diaryl/α,β-unsaturated/α-hetero) is 1. The summed E-state index contributed by atoms with van der Waals surface area (Å²) in [6.07, 6.45) is 1.36. The van der Waals surface area contributed by atoms with E-state index in [1.165, 1.54) is 11.8 Å². The average Bonchev–Trinajstić information content (AvgIpc) is 3.12. The molecule has 0 radical (unpaired) electrons. The predicted molar refractivity (Wildman–Crippen MR) is 105 cm³/mol. The number of anilines is 1. The summed E-state index contributed by atoms with van der Waals surface area (Å²) in [4.78, 5) is 39.1. The minimum Gasteiger partial charge on any atom is -0.456 e. The highest BCUT2D eigenvalue weighted by molar-refractivity contribution is 8.00. The summed E-state index contributed by atoms with van der Waals surface area (Å²) in [6.45, 7) is 2.11. The molecule has 1 aliphatic rings. The topological polar surface area (TPSA) is 63.7 Å². The number of hydrogen-bond donors (Lipinski definition) is 0. The van der Waals surface area contributed by atoms with Crippen LogP contribution in [0, 0.1) is 0 Å². The maximum absolute atomic E-state index is 12.4. The van der Waals surface area contributed by atoms with Crippen molar-refractivity contribution in [2.45, 2.75) is 29.9 Å². The molecule has 140 valence electrons. The number of benzene rings is 2. The number of carbonyl (C=O) groups excluding carboxylic acids is 3. The van der Waals surface area contributed by atoms with Gasteiger partial charge in [0, 0.05) is 29.1 Å². The molecular formula is C21H21NO4S. The molecular weight excluding hydrogens is 362 g/mol. The lowest BCUT2D eigenvalue weighted by Gasteiger charge is -2.16. The van der Waals surface area contributed by atoms with E-state index in [9.17, 15) is 14.4 Å². The molecule has 1 fully saturated rings. The second-order valence-corrected chi connectivity index (χ2v) is 7.72. The standard InChI is InChI=1S/C21H21NO4S/c1-15(27-18-9-3-2-4-10-18)21(25)26-14-19(23)16-7-5-8-17(13-16)22-12-6-11-20(22)24/h2-5,7-10,13,15H,6,11-12,14H2,1H3/t15-/m0/s1. The lowest BCUT2D eigenvalue weighted by atomic mass is 10.1. The zero-order valence-corrected chi connectivity index (χ0v) is 15.9. The molecule has 5 nitrogen and oxygen atoms in total. The molecule has 0 N–H and O–H groups in total. The zero-order chi connectivity index (χ0) is 19.2. The number of ketones is 1.